The first-order valence-corrected chi connectivity index (χ1v) is 11.2. The van der Waals surface area contributed by atoms with Gasteiger partial charge in [-0.3, -0.25) is 9.59 Å². The van der Waals surface area contributed by atoms with E-state index in [1.54, 1.807) is 41.8 Å². The molecule has 6 nitrogen and oxygen atoms in total. The number of nitrogens with zero attached hydrogens (tertiary/aromatic N) is 2. The van der Waals surface area contributed by atoms with E-state index < -0.39 is 11.7 Å². The van der Waals surface area contributed by atoms with Crippen LogP contribution in [0.25, 0.3) is 0 Å². The van der Waals surface area contributed by atoms with Gasteiger partial charge in [-0.05, 0) is 48.6 Å². The van der Waals surface area contributed by atoms with Gasteiger partial charge < -0.3 is 15.5 Å². The molecule has 1 aliphatic heterocycles. The minimum Gasteiger partial charge on any atom is -0.356 e. The molecule has 1 aromatic carbocycles. The van der Waals surface area contributed by atoms with Crippen molar-refractivity contribution in [1.29, 1.82) is 0 Å². The maximum Gasteiger partial charge on any atom is 0.417 e. The minimum absolute atomic E-state index is 0.0933. The molecule has 0 radical (unpaired) electrons. The van der Waals surface area contributed by atoms with E-state index in [2.05, 4.69) is 15.6 Å². The second-order valence-electron chi connectivity index (χ2n) is 7.61. The van der Waals surface area contributed by atoms with E-state index in [1.807, 2.05) is 4.90 Å². The molecule has 0 unspecified atom stereocenters. The molecule has 1 aliphatic rings. The number of piperidine rings is 1. The third-order valence-corrected chi connectivity index (χ3v) is 6.26. The van der Waals surface area contributed by atoms with Crippen molar-refractivity contribution in [3.05, 3.63) is 76.1 Å². The maximum absolute atomic E-state index is 12.9. The zero-order valence-corrected chi connectivity index (χ0v) is 18.2. The molecule has 10 heteroatoms. The highest BCUT2D eigenvalue weighted by atomic mass is 32.1. The zero-order valence-electron chi connectivity index (χ0n) is 17.4. The van der Waals surface area contributed by atoms with Crippen LogP contribution in [0.3, 0.4) is 0 Å². The van der Waals surface area contributed by atoms with Crippen LogP contribution in [-0.4, -0.2) is 35.9 Å². The molecule has 1 saturated heterocycles. The largest absolute Gasteiger partial charge is 0.417 e. The Morgan fingerprint density at radius 3 is 2.39 bits per heavy atom. The summed E-state index contributed by atoms with van der Waals surface area (Å²) in [4.78, 5) is 31.7. The van der Waals surface area contributed by atoms with Crippen LogP contribution in [0.5, 0.6) is 0 Å². The van der Waals surface area contributed by atoms with Crippen molar-refractivity contribution < 1.29 is 22.8 Å². The summed E-state index contributed by atoms with van der Waals surface area (Å²) < 4.78 is 38.2. The number of carbonyl (C=O) groups is 2. The lowest BCUT2D eigenvalue weighted by atomic mass is 10.0. The molecule has 0 spiro atoms. The molecule has 0 saturated carbocycles. The fraction of sp³-hybridized carbons (Fsp3) is 0.261. The lowest BCUT2D eigenvalue weighted by Gasteiger charge is -2.33. The molecule has 172 valence electrons. The Labute approximate surface area is 192 Å². The van der Waals surface area contributed by atoms with E-state index in [0.29, 0.717) is 47.9 Å². The third kappa shape index (κ3) is 5.51. The number of pyridine rings is 1. The highest BCUT2D eigenvalue weighted by Gasteiger charge is 2.31. The lowest BCUT2D eigenvalue weighted by molar-refractivity contribution is -0.137. The maximum atomic E-state index is 12.9. The van der Waals surface area contributed by atoms with Crippen LogP contribution in [0.15, 0.2) is 60.1 Å². The second-order valence-corrected chi connectivity index (χ2v) is 8.56. The van der Waals surface area contributed by atoms with Gasteiger partial charge in [-0.25, -0.2) is 4.98 Å². The first-order valence-electron chi connectivity index (χ1n) is 10.3. The van der Waals surface area contributed by atoms with Gasteiger partial charge in [-0.15, -0.1) is 11.3 Å². The Morgan fingerprint density at radius 2 is 1.76 bits per heavy atom. The minimum atomic E-state index is -4.41. The molecule has 4 rings (SSSR count). The normalized spacial score (nSPS) is 14.7. The van der Waals surface area contributed by atoms with Gasteiger partial charge in [0.15, 0.2) is 0 Å². The quantitative estimate of drug-likeness (QED) is 0.557. The van der Waals surface area contributed by atoms with Crippen molar-refractivity contribution in [2.24, 2.45) is 0 Å². The van der Waals surface area contributed by atoms with Crippen LogP contribution in [0.2, 0.25) is 0 Å². The molecule has 3 aromatic rings. The summed E-state index contributed by atoms with van der Waals surface area (Å²) in [7, 11) is 0. The summed E-state index contributed by atoms with van der Waals surface area (Å²) in [5, 5.41) is 7.60. The fourth-order valence-corrected chi connectivity index (χ4v) is 4.26. The molecule has 33 heavy (non-hydrogen) atoms. The van der Waals surface area contributed by atoms with Crippen LogP contribution in [0.1, 0.15) is 38.4 Å². The van der Waals surface area contributed by atoms with Gasteiger partial charge in [-0.1, -0.05) is 18.2 Å². The lowest BCUT2D eigenvalue weighted by Crippen LogP contribution is -2.45. The first kappa shape index (κ1) is 22.8. The number of thiophene rings is 1. The number of aromatic nitrogens is 1. The number of para-hydroxylation sites is 1. The summed E-state index contributed by atoms with van der Waals surface area (Å²) in [5.41, 5.74) is 0.0206. The van der Waals surface area contributed by atoms with Crippen LogP contribution in [-0.2, 0) is 6.18 Å². The Kier molecular flexibility index (Phi) is 6.64. The van der Waals surface area contributed by atoms with Crippen molar-refractivity contribution in [1.82, 2.24) is 10.3 Å². The average molecular weight is 475 g/mol. The Morgan fingerprint density at radius 1 is 1.00 bits per heavy atom. The molecule has 0 atom stereocenters. The number of hydrogen-bond acceptors (Lipinski definition) is 5. The fourth-order valence-electron chi connectivity index (χ4n) is 3.64. The summed E-state index contributed by atoms with van der Waals surface area (Å²) in [5.74, 6) is -0.0832. The van der Waals surface area contributed by atoms with Crippen molar-refractivity contribution in [3.63, 3.8) is 0 Å². The van der Waals surface area contributed by atoms with E-state index >= 15 is 0 Å². The molecule has 2 aromatic heterocycles. The number of nitrogens with one attached hydrogen (secondary N) is 2. The number of hydrogen-bond donors (Lipinski definition) is 2. The van der Waals surface area contributed by atoms with Crippen molar-refractivity contribution in [2.75, 3.05) is 23.3 Å². The van der Waals surface area contributed by atoms with E-state index in [0.717, 1.165) is 12.3 Å². The second kappa shape index (κ2) is 9.62. The summed E-state index contributed by atoms with van der Waals surface area (Å²) in [6.07, 6.45) is -2.33. The Bertz CT molecular complexity index is 1110. The van der Waals surface area contributed by atoms with Gasteiger partial charge in [0, 0.05) is 25.3 Å². The zero-order chi connectivity index (χ0) is 23.4. The monoisotopic (exact) mass is 474 g/mol. The predicted octanol–water partition coefficient (Wildman–Crippen LogP) is 4.81. The Hall–Kier alpha value is -3.40. The van der Waals surface area contributed by atoms with Crippen molar-refractivity contribution in [2.45, 2.75) is 25.1 Å². The van der Waals surface area contributed by atoms with E-state index in [9.17, 15) is 22.8 Å². The van der Waals surface area contributed by atoms with Crippen LogP contribution < -0.4 is 15.5 Å². The molecule has 1 fully saturated rings. The molecule has 0 bridgehead atoms. The van der Waals surface area contributed by atoms with Crippen LogP contribution >= 0.6 is 11.3 Å². The van der Waals surface area contributed by atoms with E-state index in [-0.39, 0.29) is 17.9 Å². The Balaban J connectivity index is 1.35. The first-order chi connectivity index (χ1) is 15.8. The molecule has 2 N–H and O–H groups in total. The number of halogens is 3. The van der Waals surface area contributed by atoms with Gasteiger partial charge in [0.25, 0.3) is 11.8 Å². The van der Waals surface area contributed by atoms with Gasteiger partial charge in [0.1, 0.15) is 5.82 Å². The van der Waals surface area contributed by atoms with Crippen LogP contribution in [0, 0.1) is 0 Å². The molecular weight excluding hydrogens is 453 g/mol. The average Bonchev–Trinajstić information content (AvgIpc) is 3.35. The topological polar surface area (TPSA) is 74.3 Å². The number of carbonyl (C=O) groups excluding carboxylic acids is 2. The molecule has 0 aliphatic carbocycles. The number of amides is 2. The van der Waals surface area contributed by atoms with Gasteiger partial charge >= 0.3 is 6.18 Å². The summed E-state index contributed by atoms with van der Waals surface area (Å²) in [6.45, 7) is 1.11. The highest BCUT2D eigenvalue weighted by Crippen LogP contribution is 2.30. The van der Waals surface area contributed by atoms with Gasteiger partial charge in [-0.2, -0.15) is 13.2 Å². The molecule has 2 amide bonds. The number of benzene rings is 1. The van der Waals surface area contributed by atoms with E-state index in [1.165, 1.54) is 17.4 Å². The van der Waals surface area contributed by atoms with Crippen molar-refractivity contribution in [3.8, 4) is 0 Å². The SMILES string of the molecule is O=C(Nc1ccccc1C(=O)NC1CCN(c2ccc(C(F)(F)F)cn2)CC1)c1cccs1. The van der Waals surface area contributed by atoms with Gasteiger partial charge in [0.05, 0.1) is 21.7 Å². The van der Waals surface area contributed by atoms with Crippen molar-refractivity contribution >= 4 is 34.7 Å². The molecular formula is C23H21F3N4O2S. The number of rotatable bonds is 5. The number of anilines is 2. The smallest absolute Gasteiger partial charge is 0.356 e. The summed E-state index contributed by atoms with van der Waals surface area (Å²) >= 11 is 1.32. The predicted molar refractivity (Wildman–Crippen MR) is 121 cm³/mol. The van der Waals surface area contributed by atoms with Crippen LogP contribution in [0.4, 0.5) is 24.7 Å². The highest BCUT2D eigenvalue weighted by molar-refractivity contribution is 7.12. The third-order valence-electron chi connectivity index (χ3n) is 5.39. The van der Waals surface area contributed by atoms with E-state index in [4.69, 9.17) is 0 Å². The standard InChI is InChI=1S/C23H21F3N4O2S/c24-23(25,26)15-7-8-20(27-14-15)30-11-9-16(10-12-30)28-21(31)17-4-1-2-5-18(17)29-22(32)19-6-3-13-33-19/h1-8,13-14,16H,9-12H2,(H,28,31)(H,29,32). The number of alkyl halides is 3. The summed E-state index contributed by atoms with van der Waals surface area (Å²) in [6, 6.07) is 12.6. The van der Waals surface area contributed by atoms with Gasteiger partial charge in [0.2, 0.25) is 0 Å². The molecule has 3 heterocycles.